The topological polar surface area (TPSA) is 56.6 Å². The number of likely N-dealkylation sites (N-methyl/N-ethyl adjacent to an activating group) is 1. The monoisotopic (exact) mass is 413 g/mol. The van der Waals surface area contributed by atoms with Crippen molar-refractivity contribution in [3.8, 4) is 11.5 Å². The summed E-state index contributed by atoms with van der Waals surface area (Å²) < 4.78 is 12.5. The van der Waals surface area contributed by atoms with E-state index in [1.807, 2.05) is 54.6 Å². The van der Waals surface area contributed by atoms with Crippen molar-refractivity contribution >= 4 is 17.5 Å². The molecule has 0 N–H and O–H groups in total. The number of carbonyl (C=O) groups is 1. The van der Waals surface area contributed by atoms with Gasteiger partial charge in [0.15, 0.2) is 0 Å². The molecule has 6 nitrogen and oxygen atoms in total. The summed E-state index contributed by atoms with van der Waals surface area (Å²) in [6.45, 7) is 3.09. The summed E-state index contributed by atoms with van der Waals surface area (Å²) >= 11 is 6.49. The number of nitrogens with zero attached hydrogens (tertiary/aromatic N) is 3. The van der Waals surface area contributed by atoms with Crippen LogP contribution in [0, 0.1) is 6.92 Å². The number of aryl methyl sites for hydroxylation is 1. The Morgan fingerprint density at radius 3 is 2.41 bits per heavy atom. The lowest BCUT2D eigenvalue weighted by molar-refractivity contribution is 0.0773. The number of hydrogen-bond donors (Lipinski definition) is 0. The highest BCUT2D eigenvalue weighted by atomic mass is 35.5. The van der Waals surface area contributed by atoms with E-state index in [0.717, 1.165) is 17.1 Å². The van der Waals surface area contributed by atoms with Gasteiger partial charge in [-0.3, -0.25) is 4.79 Å². The maximum absolute atomic E-state index is 12.9. The van der Waals surface area contributed by atoms with E-state index in [4.69, 9.17) is 21.1 Å². The Bertz CT molecular complexity index is 955. The lowest BCUT2D eigenvalue weighted by atomic mass is 10.2. The molecule has 0 saturated carbocycles. The molecule has 0 aliphatic heterocycles. The number of carbonyl (C=O) groups excluding carboxylic acids is 1. The van der Waals surface area contributed by atoms with Crippen LogP contribution < -0.4 is 9.47 Å². The van der Waals surface area contributed by atoms with Gasteiger partial charge in [0.25, 0.3) is 5.91 Å². The zero-order valence-corrected chi connectivity index (χ0v) is 17.5. The smallest absolute Gasteiger partial charge is 0.258 e. The molecule has 1 aromatic heterocycles. The number of rotatable bonds is 8. The van der Waals surface area contributed by atoms with Crippen LogP contribution >= 0.6 is 11.6 Å². The number of halogens is 1. The Labute approximate surface area is 175 Å². The number of aromatic nitrogens is 2. The van der Waals surface area contributed by atoms with Gasteiger partial charge < -0.3 is 14.4 Å². The molecule has 0 bridgehead atoms. The zero-order valence-electron chi connectivity index (χ0n) is 16.8. The van der Waals surface area contributed by atoms with Crippen LogP contribution in [0.2, 0.25) is 5.15 Å². The maximum Gasteiger partial charge on any atom is 0.258 e. The van der Waals surface area contributed by atoms with Gasteiger partial charge >= 0.3 is 0 Å². The lowest BCUT2D eigenvalue weighted by Crippen LogP contribution is -2.31. The second-order valence-corrected chi connectivity index (χ2v) is 7.00. The van der Waals surface area contributed by atoms with Gasteiger partial charge in [0.2, 0.25) is 0 Å². The first kappa shape index (κ1) is 20.7. The van der Waals surface area contributed by atoms with Gasteiger partial charge in [-0.1, -0.05) is 41.9 Å². The summed E-state index contributed by atoms with van der Waals surface area (Å²) in [6, 6.07) is 17.2. The summed E-state index contributed by atoms with van der Waals surface area (Å²) in [6.07, 6.45) is 0. The Hall–Kier alpha value is -2.99. The lowest BCUT2D eigenvalue weighted by Gasteiger charge is -2.17. The van der Waals surface area contributed by atoms with Crippen LogP contribution in [0.15, 0.2) is 54.6 Å². The molecule has 2 aromatic carbocycles. The fourth-order valence-electron chi connectivity index (χ4n) is 2.92. The van der Waals surface area contributed by atoms with E-state index in [-0.39, 0.29) is 5.91 Å². The third-order valence-corrected chi connectivity index (χ3v) is 4.94. The van der Waals surface area contributed by atoms with E-state index < -0.39 is 0 Å². The molecule has 0 fully saturated rings. The molecule has 0 aliphatic carbocycles. The van der Waals surface area contributed by atoms with Crippen LogP contribution in [-0.4, -0.2) is 47.9 Å². The fourth-order valence-corrected chi connectivity index (χ4v) is 3.24. The number of ether oxygens (including phenoxy) is 2. The van der Waals surface area contributed by atoms with Crippen molar-refractivity contribution in [3.63, 3.8) is 0 Å². The van der Waals surface area contributed by atoms with Crippen LogP contribution in [0.5, 0.6) is 11.5 Å². The van der Waals surface area contributed by atoms with Crippen molar-refractivity contribution in [2.75, 3.05) is 27.3 Å². The SMILES string of the molecule is COc1ccc(OCCN(C)C(=O)c2c(C)nn(Cc3ccccc3)c2Cl)cc1. The van der Waals surface area contributed by atoms with Gasteiger partial charge in [-0.05, 0) is 36.8 Å². The average molecular weight is 414 g/mol. The Balaban J connectivity index is 1.61. The molecule has 0 radical (unpaired) electrons. The molecule has 0 atom stereocenters. The van der Waals surface area contributed by atoms with E-state index in [0.29, 0.717) is 36.1 Å². The van der Waals surface area contributed by atoms with Crippen molar-refractivity contribution < 1.29 is 14.3 Å². The number of amides is 1. The molecule has 0 aliphatic rings. The normalized spacial score (nSPS) is 10.6. The molecular weight excluding hydrogens is 390 g/mol. The minimum Gasteiger partial charge on any atom is -0.497 e. The molecule has 0 saturated heterocycles. The van der Waals surface area contributed by atoms with Crippen LogP contribution in [0.25, 0.3) is 0 Å². The summed E-state index contributed by atoms with van der Waals surface area (Å²) in [7, 11) is 3.34. The standard InChI is InChI=1S/C22H24ClN3O3/c1-16-20(21(23)26(24-16)15-17-7-5-4-6-8-17)22(27)25(2)13-14-29-19-11-9-18(28-3)10-12-19/h4-12H,13-15H2,1-3H3. The average Bonchev–Trinajstić information content (AvgIpc) is 3.01. The highest BCUT2D eigenvalue weighted by Gasteiger charge is 2.23. The molecule has 0 spiro atoms. The molecular formula is C22H24ClN3O3. The molecule has 7 heteroatoms. The van der Waals surface area contributed by atoms with Gasteiger partial charge in [0.05, 0.1) is 31.5 Å². The van der Waals surface area contributed by atoms with Gasteiger partial charge in [-0.15, -0.1) is 0 Å². The summed E-state index contributed by atoms with van der Waals surface area (Å²) in [4.78, 5) is 14.5. The van der Waals surface area contributed by atoms with E-state index in [1.54, 1.807) is 30.7 Å². The Kier molecular flexibility index (Phi) is 6.77. The summed E-state index contributed by atoms with van der Waals surface area (Å²) in [5.74, 6) is 1.31. The molecule has 0 unspecified atom stereocenters. The molecule has 1 heterocycles. The Morgan fingerprint density at radius 1 is 1.10 bits per heavy atom. The van der Waals surface area contributed by atoms with Crippen molar-refractivity contribution in [2.24, 2.45) is 0 Å². The van der Waals surface area contributed by atoms with Crippen LogP contribution in [0.3, 0.4) is 0 Å². The highest BCUT2D eigenvalue weighted by molar-refractivity contribution is 6.33. The number of benzene rings is 2. The molecule has 1 amide bonds. The van der Waals surface area contributed by atoms with Crippen molar-refractivity contribution in [2.45, 2.75) is 13.5 Å². The summed E-state index contributed by atoms with van der Waals surface area (Å²) in [5.41, 5.74) is 2.10. The van der Waals surface area contributed by atoms with Crippen LogP contribution in [0.1, 0.15) is 21.6 Å². The van der Waals surface area contributed by atoms with Crippen molar-refractivity contribution in [3.05, 3.63) is 76.6 Å². The first-order chi connectivity index (χ1) is 14.0. The largest absolute Gasteiger partial charge is 0.497 e. The van der Waals surface area contributed by atoms with Crippen LogP contribution in [-0.2, 0) is 6.54 Å². The second kappa shape index (κ2) is 9.47. The van der Waals surface area contributed by atoms with E-state index in [2.05, 4.69) is 5.10 Å². The second-order valence-electron chi connectivity index (χ2n) is 6.65. The number of methoxy groups -OCH3 is 1. The molecule has 3 rings (SSSR count). The maximum atomic E-state index is 12.9. The quantitative estimate of drug-likeness (QED) is 0.559. The number of hydrogen-bond acceptors (Lipinski definition) is 4. The van der Waals surface area contributed by atoms with E-state index in [9.17, 15) is 4.79 Å². The molecule has 152 valence electrons. The predicted octanol–water partition coefficient (Wildman–Crippen LogP) is 4.05. The highest BCUT2D eigenvalue weighted by Crippen LogP contribution is 2.22. The predicted molar refractivity (Wildman–Crippen MR) is 113 cm³/mol. The first-order valence-corrected chi connectivity index (χ1v) is 9.66. The van der Waals surface area contributed by atoms with Gasteiger partial charge in [-0.25, -0.2) is 4.68 Å². The van der Waals surface area contributed by atoms with Crippen LogP contribution in [0.4, 0.5) is 0 Å². The van der Waals surface area contributed by atoms with E-state index in [1.165, 1.54) is 0 Å². The Morgan fingerprint density at radius 2 is 1.76 bits per heavy atom. The third-order valence-electron chi connectivity index (χ3n) is 4.56. The van der Waals surface area contributed by atoms with Gasteiger partial charge in [0, 0.05) is 7.05 Å². The molecule has 29 heavy (non-hydrogen) atoms. The zero-order chi connectivity index (χ0) is 20.8. The van der Waals surface area contributed by atoms with E-state index >= 15 is 0 Å². The van der Waals surface area contributed by atoms with Crippen molar-refractivity contribution in [1.82, 2.24) is 14.7 Å². The van der Waals surface area contributed by atoms with Gasteiger partial charge in [0.1, 0.15) is 23.3 Å². The van der Waals surface area contributed by atoms with Crippen molar-refractivity contribution in [1.29, 1.82) is 0 Å². The van der Waals surface area contributed by atoms with Gasteiger partial charge in [-0.2, -0.15) is 5.10 Å². The minimum atomic E-state index is -0.176. The summed E-state index contributed by atoms with van der Waals surface area (Å²) in [5, 5.41) is 4.79. The minimum absolute atomic E-state index is 0.176. The molecule has 3 aromatic rings. The third kappa shape index (κ3) is 5.09. The first-order valence-electron chi connectivity index (χ1n) is 9.28. The fraction of sp³-hybridized carbons (Fsp3) is 0.273.